The molecule has 0 saturated carbocycles. The molecule has 0 aliphatic heterocycles. The maximum absolute atomic E-state index is 13.7. The molecule has 0 bridgehead atoms. The van der Waals surface area contributed by atoms with Crippen molar-refractivity contribution < 1.29 is 14.0 Å². The molecule has 4 atom stereocenters. The average Bonchev–Trinajstić information content (AvgIpc) is 2.81. The first-order valence-electron chi connectivity index (χ1n) is 11.6. The van der Waals surface area contributed by atoms with Crippen LogP contribution < -0.4 is 16.0 Å². The van der Waals surface area contributed by atoms with E-state index in [2.05, 4.69) is 25.2 Å². The summed E-state index contributed by atoms with van der Waals surface area (Å²) in [5, 5.41) is 9.01. The van der Waals surface area contributed by atoms with Crippen molar-refractivity contribution in [3.63, 3.8) is 0 Å². The van der Waals surface area contributed by atoms with Gasteiger partial charge in [0, 0.05) is 6.04 Å². The predicted molar refractivity (Wildman–Crippen MR) is 136 cm³/mol. The standard InChI is InChI=1S/C26H37FN3O2P/c1-20-10-6-7-13-23(20)26(22-11-4-3-5-12-22,25(32)29-18-24(27)33)15-8-9-16-28-17-14-21(2)30-19-31/h3-7,10-13,19,21,24,28H,8-9,14-18,33H2,1-2H3,(H,29,32)(H,30,31). The first-order valence-corrected chi connectivity index (χ1v) is 12.3. The minimum atomic E-state index is -1.19. The number of hydrogen-bond donors (Lipinski definition) is 3. The Labute approximate surface area is 199 Å². The second-order valence-electron chi connectivity index (χ2n) is 8.49. The van der Waals surface area contributed by atoms with Crippen molar-refractivity contribution in [3.05, 3.63) is 71.3 Å². The van der Waals surface area contributed by atoms with Crippen LogP contribution in [-0.4, -0.2) is 43.9 Å². The number of benzene rings is 2. The maximum atomic E-state index is 13.7. The van der Waals surface area contributed by atoms with Gasteiger partial charge in [0.2, 0.25) is 12.3 Å². The van der Waals surface area contributed by atoms with Gasteiger partial charge in [0.1, 0.15) is 5.91 Å². The van der Waals surface area contributed by atoms with E-state index >= 15 is 0 Å². The van der Waals surface area contributed by atoms with Gasteiger partial charge < -0.3 is 16.0 Å². The van der Waals surface area contributed by atoms with E-state index in [1.807, 2.05) is 68.4 Å². The van der Waals surface area contributed by atoms with Crippen LogP contribution in [0.15, 0.2) is 54.6 Å². The van der Waals surface area contributed by atoms with E-state index in [1.54, 1.807) is 0 Å². The summed E-state index contributed by atoms with van der Waals surface area (Å²) in [7, 11) is 2.09. The van der Waals surface area contributed by atoms with Crippen molar-refractivity contribution in [1.29, 1.82) is 0 Å². The van der Waals surface area contributed by atoms with Crippen LogP contribution in [0.1, 0.15) is 49.3 Å². The lowest BCUT2D eigenvalue weighted by atomic mass is 9.69. The molecule has 7 heteroatoms. The molecule has 33 heavy (non-hydrogen) atoms. The zero-order valence-electron chi connectivity index (χ0n) is 19.6. The lowest BCUT2D eigenvalue weighted by molar-refractivity contribution is -0.125. The molecule has 0 aliphatic carbocycles. The van der Waals surface area contributed by atoms with Crippen LogP contribution in [0.3, 0.4) is 0 Å². The molecule has 180 valence electrons. The molecule has 2 rings (SSSR count). The van der Waals surface area contributed by atoms with E-state index in [0.29, 0.717) is 6.42 Å². The van der Waals surface area contributed by atoms with E-state index in [4.69, 9.17) is 0 Å². The number of aryl methyl sites for hydroxylation is 1. The van der Waals surface area contributed by atoms with Crippen LogP contribution in [-0.2, 0) is 15.0 Å². The van der Waals surface area contributed by atoms with E-state index in [9.17, 15) is 14.0 Å². The Balaban J connectivity index is 2.20. The van der Waals surface area contributed by atoms with Gasteiger partial charge in [0.05, 0.1) is 12.0 Å². The minimum absolute atomic E-state index is 0.0431. The van der Waals surface area contributed by atoms with Crippen molar-refractivity contribution in [2.45, 2.75) is 56.9 Å². The fourth-order valence-electron chi connectivity index (χ4n) is 4.20. The molecule has 3 N–H and O–H groups in total. The number of nitrogens with one attached hydrogen (secondary N) is 3. The Hall–Kier alpha value is -2.30. The predicted octanol–water partition coefficient (Wildman–Crippen LogP) is 3.85. The van der Waals surface area contributed by atoms with E-state index < -0.39 is 11.3 Å². The summed E-state index contributed by atoms with van der Waals surface area (Å²) in [5.41, 5.74) is 2.01. The second-order valence-corrected chi connectivity index (χ2v) is 9.22. The van der Waals surface area contributed by atoms with Crippen molar-refractivity contribution in [2.24, 2.45) is 0 Å². The Morgan fingerprint density at radius 1 is 1.09 bits per heavy atom. The number of hydrogen-bond acceptors (Lipinski definition) is 3. The van der Waals surface area contributed by atoms with Gasteiger partial charge in [-0.15, -0.1) is 0 Å². The summed E-state index contributed by atoms with van der Waals surface area (Å²) in [6.45, 7) is 5.59. The van der Waals surface area contributed by atoms with Crippen molar-refractivity contribution in [2.75, 3.05) is 19.6 Å². The maximum Gasteiger partial charge on any atom is 0.235 e. The number of halogens is 1. The molecule has 0 spiro atoms. The third-order valence-corrected chi connectivity index (χ3v) is 6.21. The molecule has 2 aromatic carbocycles. The van der Waals surface area contributed by atoms with Crippen LogP contribution in [0.25, 0.3) is 0 Å². The molecule has 5 nitrogen and oxygen atoms in total. The highest BCUT2D eigenvalue weighted by molar-refractivity contribution is 7.17. The van der Waals surface area contributed by atoms with Gasteiger partial charge >= 0.3 is 0 Å². The quantitative estimate of drug-likeness (QED) is 0.209. The van der Waals surface area contributed by atoms with Crippen molar-refractivity contribution >= 4 is 21.6 Å². The lowest BCUT2D eigenvalue weighted by Crippen LogP contribution is -2.47. The molecule has 0 heterocycles. The molecule has 4 unspecified atom stereocenters. The first-order chi connectivity index (χ1) is 15.9. The molecule has 2 aromatic rings. The van der Waals surface area contributed by atoms with Crippen molar-refractivity contribution in [3.8, 4) is 0 Å². The number of carbonyl (C=O) groups is 2. The number of alkyl halides is 1. The number of carbonyl (C=O) groups excluding carboxylic acids is 2. The molecule has 2 amide bonds. The summed E-state index contributed by atoms with van der Waals surface area (Å²) in [6.07, 6.45) is 3.93. The lowest BCUT2D eigenvalue weighted by Gasteiger charge is -2.35. The third-order valence-electron chi connectivity index (χ3n) is 5.98. The molecular weight excluding hydrogens is 436 g/mol. The van der Waals surface area contributed by atoms with E-state index in [0.717, 1.165) is 55.5 Å². The highest BCUT2D eigenvalue weighted by Gasteiger charge is 2.42. The Bertz CT molecular complexity index is 866. The molecule has 0 fully saturated rings. The topological polar surface area (TPSA) is 70.2 Å². The third kappa shape index (κ3) is 7.90. The molecule has 0 radical (unpaired) electrons. The summed E-state index contributed by atoms with van der Waals surface area (Å²) in [4.78, 5) is 24.2. The van der Waals surface area contributed by atoms with Gasteiger partial charge in [-0.1, -0.05) is 70.3 Å². The molecule has 0 aliphatic rings. The summed E-state index contributed by atoms with van der Waals surface area (Å²) < 4.78 is 13.6. The normalized spacial score (nSPS) is 14.7. The van der Waals surface area contributed by atoms with Gasteiger partial charge in [-0.25, -0.2) is 4.39 Å². The largest absolute Gasteiger partial charge is 0.356 e. The summed E-state index contributed by atoms with van der Waals surface area (Å²) in [5.74, 6) is -1.37. The van der Waals surface area contributed by atoms with Crippen LogP contribution >= 0.6 is 9.24 Å². The number of unbranched alkanes of at least 4 members (excludes halogenated alkanes) is 1. The summed E-state index contributed by atoms with van der Waals surface area (Å²) >= 11 is 0. The first kappa shape index (κ1) is 26.9. The molecule has 0 aromatic heterocycles. The number of rotatable bonds is 15. The highest BCUT2D eigenvalue weighted by Crippen LogP contribution is 2.39. The van der Waals surface area contributed by atoms with Gasteiger partial charge in [0.25, 0.3) is 0 Å². The fourth-order valence-corrected chi connectivity index (χ4v) is 4.32. The van der Waals surface area contributed by atoms with Crippen molar-refractivity contribution in [1.82, 2.24) is 16.0 Å². The van der Waals surface area contributed by atoms with Crippen LogP contribution in [0.4, 0.5) is 4.39 Å². The van der Waals surface area contributed by atoms with E-state index in [1.165, 1.54) is 0 Å². The van der Waals surface area contributed by atoms with Gasteiger partial charge in [-0.3, -0.25) is 9.59 Å². The smallest absolute Gasteiger partial charge is 0.235 e. The summed E-state index contributed by atoms with van der Waals surface area (Å²) in [6, 6.07) is 17.9. The van der Waals surface area contributed by atoms with Gasteiger partial charge in [-0.2, -0.15) is 0 Å². The number of amides is 2. The monoisotopic (exact) mass is 473 g/mol. The Morgan fingerprint density at radius 2 is 1.79 bits per heavy atom. The second kappa shape index (κ2) is 14.1. The Morgan fingerprint density at radius 3 is 2.45 bits per heavy atom. The molecular formula is C26H37FN3O2P. The zero-order valence-corrected chi connectivity index (χ0v) is 20.8. The van der Waals surface area contributed by atoms with Gasteiger partial charge in [0.15, 0.2) is 0 Å². The fraction of sp³-hybridized carbons (Fsp3) is 0.462. The molecule has 0 saturated heterocycles. The van der Waals surface area contributed by atoms with Crippen LogP contribution in [0, 0.1) is 6.92 Å². The highest BCUT2D eigenvalue weighted by atomic mass is 31.0. The van der Waals surface area contributed by atoms with Crippen LogP contribution in [0.5, 0.6) is 0 Å². The minimum Gasteiger partial charge on any atom is -0.356 e. The van der Waals surface area contributed by atoms with Crippen LogP contribution in [0.2, 0.25) is 0 Å². The van der Waals surface area contributed by atoms with E-state index in [-0.39, 0.29) is 18.5 Å². The Kier molecular flexibility index (Phi) is 11.5. The SMILES string of the molecule is Cc1ccccc1C(CCCCNCCC(C)NC=O)(C(=O)NCC(F)P)c1ccccc1. The van der Waals surface area contributed by atoms with Gasteiger partial charge in [-0.05, 0) is 62.9 Å². The average molecular weight is 474 g/mol. The zero-order chi connectivity index (χ0) is 24.1.